The van der Waals surface area contributed by atoms with Crippen LogP contribution in [0.25, 0.3) is 0 Å². The minimum absolute atomic E-state index is 0.221. The third-order valence-electron chi connectivity index (χ3n) is 4.88. The van der Waals surface area contributed by atoms with Crippen LogP contribution in [0.2, 0.25) is 0 Å². The summed E-state index contributed by atoms with van der Waals surface area (Å²) in [5.41, 5.74) is 2.74. The molecule has 1 unspecified atom stereocenters. The average molecular weight is 362 g/mol. The van der Waals surface area contributed by atoms with Crippen molar-refractivity contribution >= 4 is 21.4 Å². The number of nitrogens with one attached hydrogen (secondary N) is 2. The number of aromatic nitrogens is 2. The minimum atomic E-state index is -3.64. The number of H-pyrrole nitrogens is 1. The Labute approximate surface area is 149 Å². The van der Waals surface area contributed by atoms with Gasteiger partial charge < -0.3 is 4.90 Å². The molecule has 0 spiro atoms. The first-order valence-electron chi connectivity index (χ1n) is 8.83. The van der Waals surface area contributed by atoms with Crippen molar-refractivity contribution in [3.63, 3.8) is 0 Å². The summed E-state index contributed by atoms with van der Waals surface area (Å²) in [6.07, 6.45) is 4.86. The van der Waals surface area contributed by atoms with Crippen molar-refractivity contribution in [1.82, 2.24) is 10.2 Å². The van der Waals surface area contributed by atoms with E-state index in [-0.39, 0.29) is 4.90 Å². The monoisotopic (exact) mass is 362 g/mol. The van der Waals surface area contributed by atoms with Crippen molar-refractivity contribution in [3.8, 4) is 0 Å². The van der Waals surface area contributed by atoms with E-state index in [1.807, 2.05) is 24.3 Å². The molecular weight excluding hydrogens is 336 g/mol. The molecule has 1 aromatic carbocycles. The lowest BCUT2D eigenvalue weighted by atomic mass is 9.99. The summed E-state index contributed by atoms with van der Waals surface area (Å²) < 4.78 is 27.9. The second-order valence-corrected chi connectivity index (χ2v) is 8.29. The average Bonchev–Trinajstić information content (AvgIpc) is 2.94. The van der Waals surface area contributed by atoms with E-state index >= 15 is 0 Å². The summed E-state index contributed by atoms with van der Waals surface area (Å²) >= 11 is 0. The Morgan fingerprint density at radius 2 is 1.96 bits per heavy atom. The maximum absolute atomic E-state index is 12.6. The molecule has 25 heavy (non-hydrogen) atoms. The van der Waals surface area contributed by atoms with Crippen LogP contribution in [0.3, 0.4) is 0 Å². The van der Waals surface area contributed by atoms with E-state index in [2.05, 4.69) is 26.7 Å². The molecule has 1 aromatic heterocycles. The predicted octanol–water partition coefficient (Wildman–Crippen LogP) is 3.60. The lowest BCUT2D eigenvalue weighted by Crippen LogP contribution is -2.39. The fourth-order valence-corrected chi connectivity index (χ4v) is 5.06. The third-order valence-corrected chi connectivity index (χ3v) is 6.52. The highest BCUT2D eigenvalue weighted by Gasteiger charge is 2.23. The van der Waals surface area contributed by atoms with Gasteiger partial charge in [0.1, 0.15) is 4.90 Å². The molecule has 1 aliphatic rings. The quantitative estimate of drug-likeness (QED) is 0.852. The number of nitrogens with zero attached hydrogens (tertiary/aromatic N) is 2. The van der Waals surface area contributed by atoms with Gasteiger partial charge >= 0.3 is 0 Å². The fourth-order valence-electron chi connectivity index (χ4n) is 3.63. The van der Waals surface area contributed by atoms with Crippen LogP contribution in [-0.4, -0.2) is 31.2 Å². The number of aromatic amines is 1. The first-order chi connectivity index (χ1) is 11.9. The van der Waals surface area contributed by atoms with Crippen molar-refractivity contribution < 1.29 is 8.42 Å². The molecule has 3 rings (SSSR count). The summed E-state index contributed by atoms with van der Waals surface area (Å²) in [4.78, 5) is 2.66. The van der Waals surface area contributed by atoms with Gasteiger partial charge in [-0.3, -0.25) is 9.82 Å². The lowest BCUT2D eigenvalue weighted by Gasteiger charge is -2.37. The van der Waals surface area contributed by atoms with Gasteiger partial charge in [-0.2, -0.15) is 5.10 Å². The molecule has 2 heterocycles. The summed E-state index contributed by atoms with van der Waals surface area (Å²) in [5.74, 6) is 0. The zero-order valence-electron chi connectivity index (χ0n) is 15.0. The normalized spacial score (nSPS) is 18.4. The molecule has 1 fully saturated rings. The molecule has 136 valence electrons. The largest absolute Gasteiger partial charge is 0.369 e. The second kappa shape index (κ2) is 7.07. The van der Waals surface area contributed by atoms with Crippen LogP contribution in [-0.2, 0) is 10.0 Å². The number of piperidine rings is 1. The van der Waals surface area contributed by atoms with Crippen LogP contribution in [0.15, 0.2) is 29.2 Å². The highest BCUT2D eigenvalue weighted by Crippen LogP contribution is 2.28. The van der Waals surface area contributed by atoms with Gasteiger partial charge in [-0.25, -0.2) is 8.42 Å². The second-order valence-electron chi connectivity index (χ2n) is 6.67. The molecule has 0 saturated carbocycles. The number of hydrogen-bond acceptors (Lipinski definition) is 4. The van der Waals surface area contributed by atoms with Crippen molar-refractivity contribution in [3.05, 3.63) is 35.7 Å². The van der Waals surface area contributed by atoms with Crippen LogP contribution in [0.4, 0.5) is 11.4 Å². The number of hydrogen-bond donors (Lipinski definition) is 2. The van der Waals surface area contributed by atoms with E-state index in [9.17, 15) is 8.42 Å². The molecule has 0 bridgehead atoms. The smallest absolute Gasteiger partial charge is 0.265 e. The number of aryl methyl sites for hydroxylation is 2. The maximum Gasteiger partial charge on any atom is 0.265 e. The topological polar surface area (TPSA) is 78.1 Å². The molecule has 0 radical (unpaired) electrons. The number of benzene rings is 1. The number of rotatable bonds is 5. The zero-order valence-corrected chi connectivity index (χ0v) is 15.9. The van der Waals surface area contributed by atoms with Crippen LogP contribution in [0.1, 0.15) is 44.0 Å². The summed E-state index contributed by atoms with van der Waals surface area (Å²) in [7, 11) is -3.64. The van der Waals surface area contributed by atoms with Crippen LogP contribution < -0.4 is 9.62 Å². The molecule has 7 heteroatoms. The SMILES string of the molecule is CCC1CCCCN1c1ccc(NS(=O)(=O)c2c(C)n[nH]c2C)cc1. The van der Waals surface area contributed by atoms with Crippen molar-refractivity contribution in [2.45, 2.75) is 57.4 Å². The number of sulfonamides is 1. The zero-order chi connectivity index (χ0) is 18.0. The minimum Gasteiger partial charge on any atom is -0.369 e. The van der Waals surface area contributed by atoms with E-state index in [1.165, 1.54) is 19.3 Å². The Hall–Kier alpha value is -2.02. The molecule has 6 nitrogen and oxygen atoms in total. The van der Waals surface area contributed by atoms with Crippen molar-refractivity contribution in [1.29, 1.82) is 0 Å². The molecule has 1 saturated heterocycles. The predicted molar refractivity (Wildman–Crippen MR) is 101 cm³/mol. The molecule has 2 N–H and O–H groups in total. The van der Waals surface area contributed by atoms with E-state index in [0.29, 0.717) is 23.1 Å². The molecule has 2 aromatic rings. The van der Waals surface area contributed by atoms with Crippen LogP contribution in [0, 0.1) is 13.8 Å². The highest BCUT2D eigenvalue weighted by molar-refractivity contribution is 7.92. The Morgan fingerprint density at radius 3 is 2.56 bits per heavy atom. The first-order valence-corrected chi connectivity index (χ1v) is 10.3. The highest BCUT2D eigenvalue weighted by atomic mass is 32.2. The third kappa shape index (κ3) is 3.66. The number of anilines is 2. The molecule has 0 aliphatic carbocycles. The van der Waals surface area contributed by atoms with Gasteiger partial charge in [0, 0.05) is 24.0 Å². The van der Waals surface area contributed by atoms with Crippen molar-refractivity contribution in [2.75, 3.05) is 16.2 Å². The van der Waals surface area contributed by atoms with Crippen molar-refractivity contribution in [2.24, 2.45) is 0 Å². The first kappa shape index (κ1) is 17.8. The Morgan fingerprint density at radius 1 is 1.24 bits per heavy atom. The Balaban J connectivity index is 1.79. The van der Waals surface area contributed by atoms with Gasteiger partial charge in [-0.05, 0) is 63.8 Å². The molecular formula is C18H26N4O2S. The standard InChI is InChI=1S/C18H26N4O2S/c1-4-16-7-5-6-12-22(16)17-10-8-15(9-11-17)21-25(23,24)18-13(2)19-20-14(18)3/h8-11,16,21H,4-7,12H2,1-3H3,(H,19,20). The van der Waals surface area contributed by atoms with Gasteiger partial charge in [0.05, 0.1) is 11.4 Å². The van der Waals surface area contributed by atoms with Gasteiger partial charge in [-0.1, -0.05) is 6.92 Å². The maximum atomic E-state index is 12.6. The van der Waals surface area contributed by atoms with Crippen LogP contribution in [0.5, 0.6) is 0 Å². The molecule has 1 atom stereocenters. The van der Waals surface area contributed by atoms with Gasteiger partial charge in [0.15, 0.2) is 0 Å². The van der Waals surface area contributed by atoms with E-state index in [4.69, 9.17) is 0 Å². The summed E-state index contributed by atoms with van der Waals surface area (Å²) in [6, 6.07) is 8.24. The molecule has 1 aliphatic heterocycles. The lowest BCUT2D eigenvalue weighted by molar-refractivity contribution is 0.450. The van der Waals surface area contributed by atoms with E-state index in [0.717, 1.165) is 18.7 Å². The summed E-state index contributed by atoms with van der Waals surface area (Å²) in [6.45, 7) is 6.68. The van der Waals surface area contributed by atoms with Gasteiger partial charge in [-0.15, -0.1) is 0 Å². The van der Waals surface area contributed by atoms with E-state index in [1.54, 1.807) is 13.8 Å². The van der Waals surface area contributed by atoms with Gasteiger partial charge in [0.2, 0.25) is 0 Å². The van der Waals surface area contributed by atoms with Gasteiger partial charge in [0.25, 0.3) is 10.0 Å². The fraction of sp³-hybridized carbons (Fsp3) is 0.500. The van der Waals surface area contributed by atoms with E-state index < -0.39 is 10.0 Å². The summed E-state index contributed by atoms with van der Waals surface area (Å²) in [5, 5.41) is 6.68. The Kier molecular flexibility index (Phi) is 5.03. The molecule has 0 amide bonds. The van der Waals surface area contributed by atoms with Crippen LogP contribution >= 0.6 is 0 Å². The Bertz CT molecular complexity index is 808.